The van der Waals surface area contributed by atoms with E-state index in [1.807, 2.05) is 12.1 Å². The van der Waals surface area contributed by atoms with Crippen LogP contribution in [0.4, 0.5) is 10.8 Å². The zero-order valence-corrected chi connectivity index (χ0v) is 20.6. The third-order valence-corrected chi connectivity index (χ3v) is 8.51. The highest BCUT2D eigenvalue weighted by Gasteiger charge is 2.27. The molecule has 0 saturated carbocycles. The Bertz CT molecular complexity index is 1130. The minimum Gasteiger partial charge on any atom is -0.299 e. The summed E-state index contributed by atoms with van der Waals surface area (Å²) in [6, 6.07) is 15.3. The molecule has 0 aliphatic rings. The summed E-state index contributed by atoms with van der Waals surface area (Å²) in [6.45, 7) is 5.83. The maximum absolute atomic E-state index is 13.4. The van der Waals surface area contributed by atoms with Crippen molar-refractivity contribution >= 4 is 49.8 Å². The Kier molecular flexibility index (Phi) is 8.27. The predicted octanol–water partition coefficient (Wildman–Crippen LogP) is 5.00. The van der Waals surface area contributed by atoms with E-state index in [1.165, 1.54) is 23.5 Å². The monoisotopic (exact) mass is 490 g/mol. The molecule has 10 heteroatoms. The van der Waals surface area contributed by atoms with Crippen LogP contribution in [0.3, 0.4) is 0 Å². The van der Waals surface area contributed by atoms with Crippen LogP contribution in [-0.4, -0.2) is 36.8 Å². The number of sulfonamides is 1. The average molecular weight is 491 g/mol. The van der Waals surface area contributed by atoms with E-state index in [-0.39, 0.29) is 11.4 Å². The molecule has 3 aromatic rings. The minimum absolute atomic E-state index is 0.120. The lowest BCUT2D eigenvalue weighted by Gasteiger charge is -2.24. The zero-order valence-electron chi connectivity index (χ0n) is 18.2. The number of aromatic nitrogens is 2. The summed E-state index contributed by atoms with van der Waals surface area (Å²) in [6.07, 6.45) is 1.01. The average Bonchev–Trinajstić information content (AvgIpc) is 3.23. The van der Waals surface area contributed by atoms with Crippen molar-refractivity contribution in [3.63, 3.8) is 0 Å². The molecule has 0 aliphatic carbocycles. The Balaban J connectivity index is 1.85. The molecular formula is C22H26N4O3S3. The molecule has 32 heavy (non-hydrogen) atoms. The fraction of sp³-hybridized carbons (Fsp3) is 0.318. The van der Waals surface area contributed by atoms with E-state index in [0.717, 1.165) is 26.4 Å². The fourth-order valence-electron chi connectivity index (χ4n) is 2.86. The van der Waals surface area contributed by atoms with Gasteiger partial charge in [0.25, 0.3) is 10.0 Å². The van der Waals surface area contributed by atoms with Crippen LogP contribution in [0.1, 0.15) is 38.7 Å². The van der Waals surface area contributed by atoms with Gasteiger partial charge < -0.3 is 0 Å². The fourth-order valence-corrected chi connectivity index (χ4v) is 5.99. The molecule has 0 atom stereocenters. The number of amides is 1. The largest absolute Gasteiger partial charge is 0.299 e. The number of rotatable bonds is 10. The molecule has 0 unspecified atom stereocenters. The van der Waals surface area contributed by atoms with E-state index < -0.39 is 15.9 Å². The predicted molar refractivity (Wildman–Crippen MR) is 131 cm³/mol. The van der Waals surface area contributed by atoms with Crippen molar-refractivity contribution in [2.24, 2.45) is 0 Å². The maximum atomic E-state index is 13.4. The number of nitrogens with zero attached hydrogens (tertiary/aromatic N) is 3. The molecule has 1 aromatic heterocycles. The van der Waals surface area contributed by atoms with Gasteiger partial charge in [-0.1, -0.05) is 74.2 Å². The van der Waals surface area contributed by atoms with Crippen molar-refractivity contribution in [2.45, 2.75) is 42.3 Å². The summed E-state index contributed by atoms with van der Waals surface area (Å²) >= 11 is 2.85. The van der Waals surface area contributed by atoms with Crippen molar-refractivity contribution in [3.8, 4) is 0 Å². The van der Waals surface area contributed by atoms with Gasteiger partial charge in [0.1, 0.15) is 6.54 Å². The molecule has 2 aromatic carbocycles. The van der Waals surface area contributed by atoms with E-state index in [2.05, 4.69) is 36.3 Å². The second kappa shape index (κ2) is 10.9. The van der Waals surface area contributed by atoms with Crippen LogP contribution in [0.5, 0.6) is 0 Å². The van der Waals surface area contributed by atoms with Gasteiger partial charge in [0, 0.05) is 5.75 Å². The van der Waals surface area contributed by atoms with Gasteiger partial charge in [-0.15, -0.1) is 10.2 Å². The first-order valence-electron chi connectivity index (χ1n) is 10.2. The third-order valence-electron chi connectivity index (χ3n) is 4.55. The van der Waals surface area contributed by atoms with Crippen LogP contribution in [0, 0.1) is 0 Å². The molecule has 0 spiro atoms. The van der Waals surface area contributed by atoms with Crippen molar-refractivity contribution in [1.82, 2.24) is 10.2 Å². The number of thioether (sulfide) groups is 1. The summed E-state index contributed by atoms with van der Waals surface area (Å²) in [5, 5.41) is 11.1. The van der Waals surface area contributed by atoms with Gasteiger partial charge in [-0.25, -0.2) is 8.42 Å². The summed E-state index contributed by atoms with van der Waals surface area (Å²) in [5.41, 5.74) is 1.51. The Morgan fingerprint density at radius 1 is 1.09 bits per heavy atom. The quantitative estimate of drug-likeness (QED) is 0.318. The summed E-state index contributed by atoms with van der Waals surface area (Å²) in [7, 11) is -3.95. The second-order valence-electron chi connectivity index (χ2n) is 7.34. The normalized spacial score (nSPS) is 11.5. The van der Waals surface area contributed by atoms with Crippen LogP contribution in [0.2, 0.25) is 0 Å². The number of hydrogen-bond donors (Lipinski definition) is 1. The van der Waals surface area contributed by atoms with Crippen LogP contribution < -0.4 is 9.62 Å². The van der Waals surface area contributed by atoms with Crippen LogP contribution in [0.15, 0.2) is 63.8 Å². The van der Waals surface area contributed by atoms with E-state index >= 15 is 0 Å². The first-order valence-corrected chi connectivity index (χ1v) is 13.5. The standard InChI is InChI=1S/C22H26N4O3S3/c1-4-14-30-22-25-24-21(31-22)23-20(27)15-26(18-12-10-17(11-13-18)16(2)3)32(28,29)19-8-6-5-7-9-19/h5-13,16H,4,14-15H2,1-3H3,(H,23,24,27). The molecule has 1 N–H and O–H groups in total. The number of carbonyl (C=O) groups excluding carboxylic acids is 1. The van der Waals surface area contributed by atoms with Crippen molar-refractivity contribution < 1.29 is 13.2 Å². The number of nitrogens with one attached hydrogen (secondary N) is 1. The van der Waals surface area contributed by atoms with Gasteiger partial charge in [0.05, 0.1) is 10.6 Å². The van der Waals surface area contributed by atoms with Crippen molar-refractivity contribution in [3.05, 3.63) is 60.2 Å². The van der Waals surface area contributed by atoms with E-state index in [1.54, 1.807) is 42.1 Å². The number of carbonyl (C=O) groups is 1. The lowest BCUT2D eigenvalue weighted by molar-refractivity contribution is -0.114. The maximum Gasteiger partial charge on any atom is 0.264 e. The van der Waals surface area contributed by atoms with Crippen LogP contribution >= 0.6 is 23.1 Å². The Morgan fingerprint density at radius 3 is 2.41 bits per heavy atom. The molecule has 1 amide bonds. The molecule has 0 aliphatic heterocycles. The van der Waals surface area contributed by atoms with E-state index in [0.29, 0.717) is 16.7 Å². The molecule has 0 bridgehead atoms. The van der Waals surface area contributed by atoms with Crippen molar-refractivity contribution in [1.29, 1.82) is 0 Å². The molecule has 0 radical (unpaired) electrons. The third kappa shape index (κ3) is 6.08. The number of anilines is 2. The zero-order chi connectivity index (χ0) is 23.1. The molecule has 7 nitrogen and oxygen atoms in total. The number of hydrogen-bond acceptors (Lipinski definition) is 7. The van der Waals surface area contributed by atoms with Gasteiger partial charge in [-0.05, 0) is 42.2 Å². The highest BCUT2D eigenvalue weighted by Crippen LogP contribution is 2.28. The van der Waals surface area contributed by atoms with Crippen LogP contribution in [-0.2, 0) is 14.8 Å². The molecule has 170 valence electrons. The first kappa shape index (κ1) is 24.2. The van der Waals surface area contributed by atoms with Gasteiger partial charge in [0.2, 0.25) is 11.0 Å². The van der Waals surface area contributed by atoms with Gasteiger partial charge in [0.15, 0.2) is 4.34 Å². The first-order chi connectivity index (χ1) is 15.3. The summed E-state index contributed by atoms with van der Waals surface area (Å²) in [4.78, 5) is 12.9. The topological polar surface area (TPSA) is 92.3 Å². The molecule has 3 rings (SSSR count). The van der Waals surface area contributed by atoms with Gasteiger partial charge in [-0.2, -0.15) is 0 Å². The van der Waals surface area contributed by atoms with Crippen LogP contribution in [0.25, 0.3) is 0 Å². The second-order valence-corrected chi connectivity index (χ2v) is 11.5. The highest BCUT2D eigenvalue weighted by atomic mass is 32.2. The summed E-state index contributed by atoms with van der Waals surface area (Å²) in [5.74, 6) is 0.738. The Hall–Kier alpha value is -2.43. The summed E-state index contributed by atoms with van der Waals surface area (Å²) < 4.78 is 28.6. The minimum atomic E-state index is -3.95. The Morgan fingerprint density at radius 2 is 1.78 bits per heavy atom. The van der Waals surface area contributed by atoms with Gasteiger partial charge in [-0.3, -0.25) is 14.4 Å². The lowest BCUT2D eigenvalue weighted by Crippen LogP contribution is -2.38. The number of benzene rings is 2. The van der Waals surface area contributed by atoms with E-state index in [4.69, 9.17) is 0 Å². The smallest absolute Gasteiger partial charge is 0.264 e. The van der Waals surface area contributed by atoms with Crippen molar-refractivity contribution in [2.75, 3.05) is 21.9 Å². The lowest BCUT2D eigenvalue weighted by atomic mass is 10.0. The highest BCUT2D eigenvalue weighted by molar-refractivity contribution is 8.01. The molecular weight excluding hydrogens is 464 g/mol. The molecule has 0 saturated heterocycles. The Labute approximate surface area is 197 Å². The molecule has 1 heterocycles. The molecule has 0 fully saturated rings. The van der Waals surface area contributed by atoms with Gasteiger partial charge >= 0.3 is 0 Å². The SMILES string of the molecule is CCCSc1nnc(NC(=O)CN(c2ccc(C(C)C)cc2)S(=O)(=O)c2ccccc2)s1. The van der Waals surface area contributed by atoms with E-state index in [9.17, 15) is 13.2 Å².